The molecule has 0 aliphatic carbocycles. The van der Waals surface area contributed by atoms with Crippen LogP contribution in [0.25, 0.3) is 0 Å². The standard InChI is InChI=1S/C14H24N4/c1-17-6-2-3-12(9-17)10-18-11-16-8-14(18)13-4-5-15-7-13/h8,11-13,15H,2-7,9-10H2,1H3. The van der Waals surface area contributed by atoms with Crippen molar-refractivity contribution in [2.75, 3.05) is 33.2 Å². The molecule has 4 nitrogen and oxygen atoms in total. The molecule has 2 atom stereocenters. The van der Waals surface area contributed by atoms with E-state index in [9.17, 15) is 0 Å². The highest BCUT2D eigenvalue weighted by atomic mass is 15.1. The summed E-state index contributed by atoms with van der Waals surface area (Å²) >= 11 is 0. The fourth-order valence-electron chi connectivity index (χ4n) is 3.43. The lowest BCUT2D eigenvalue weighted by molar-refractivity contribution is 0.193. The summed E-state index contributed by atoms with van der Waals surface area (Å²) in [6, 6.07) is 0. The summed E-state index contributed by atoms with van der Waals surface area (Å²) in [7, 11) is 2.24. The number of rotatable bonds is 3. The number of likely N-dealkylation sites (tertiary alicyclic amines) is 1. The molecular weight excluding hydrogens is 224 g/mol. The molecule has 0 aromatic carbocycles. The maximum absolute atomic E-state index is 4.37. The van der Waals surface area contributed by atoms with E-state index in [0.29, 0.717) is 5.92 Å². The molecule has 3 rings (SSSR count). The molecule has 2 aliphatic heterocycles. The predicted octanol–water partition coefficient (Wildman–Crippen LogP) is 1.30. The number of hydrogen-bond donors (Lipinski definition) is 1. The number of aromatic nitrogens is 2. The zero-order valence-electron chi connectivity index (χ0n) is 11.3. The van der Waals surface area contributed by atoms with E-state index >= 15 is 0 Å². The van der Waals surface area contributed by atoms with Gasteiger partial charge in [-0.15, -0.1) is 0 Å². The lowest BCUT2D eigenvalue weighted by Crippen LogP contribution is -2.34. The highest BCUT2D eigenvalue weighted by molar-refractivity contribution is 5.09. The third kappa shape index (κ3) is 2.59. The van der Waals surface area contributed by atoms with E-state index < -0.39 is 0 Å². The number of hydrogen-bond acceptors (Lipinski definition) is 3. The molecule has 0 amide bonds. The number of nitrogens with zero attached hydrogens (tertiary/aromatic N) is 3. The van der Waals surface area contributed by atoms with E-state index in [1.807, 2.05) is 6.33 Å². The minimum absolute atomic E-state index is 0.675. The summed E-state index contributed by atoms with van der Waals surface area (Å²) in [6.45, 7) is 5.93. The Kier molecular flexibility index (Phi) is 3.66. The zero-order valence-corrected chi connectivity index (χ0v) is 11.3. The molecule has 2 saturated heterocycles. The van der Waals surface area contributed by atoms with Gasteiger partial charge in [0.1, 0.15) is 0 Å². The van der Waals surface area contributed by atoms with E-state index in [0.717, 1.165) is 25.6 Å². The van der Waals surface area contributed by atoms with E-state index in [2.05, 4.69) is 33.0 Å². The minimum atomic E-state index is 0.675. The Balaban J connectivity index is 1.66. The summed E-state index contributed by atoms with van der Waals surface area (Å²) in [5, 5.41) is 3.45. The Labute approximate surface area is 109 Å². The van der Waals surface area contributed by atoms with Crippen molar-refractivity contribution in [3.05, 3.63) is 18.2 Å². The normalized spacial score (nSPS) is 29.8. The second kappa shape index (κ2) is 5.41. The van der Waals surface area contributed by atoms with Crippen LogP contribution in [0.5, 0.6) is 0 Å². The average Bonchev–Trinajstić information content (AvgIpc) is 2.98. The van der Waals surface area contributed by atoms with Gasteiger partial charge in [0, 0.05) is 37.4 Å². The third-order valence-electron chi connectivity index (χ3n) is 4.40. The first-order valence-electron chi connectivity index (χ1n) is 7.22. The first kappa shape index (κ1) is 12.2. The van der Waals surface area contributed by atoms with Gasteiger partial charge in [-0.2, -0.15) is 0 Å². The van der Waals surface area contributed by atoms with Crippen LogP contribution in [0.3, 0.4) is 0 Å². The van der Waals surface area contributed by atoms with Gasteiger partial charge in [-0.25, -0.2) is 4.98 Å². The summed E-state index contributed by atoms with van der Waals surface area (Å²) in [6.07, 6.45) is 8.07. The third-order valence-corrected chi connectivity index (χ3v) is 4.40. The monoisotopic (exact) mass is 248 g/mol. The number of nitrogens with one attached hydrogen (secondary N) is 1. The molecule has 3 heterocycles. The highest BCUT2D eigenvalue weighted by Gasteiger charge is 2.23. The fourth-order valence-corrected chi connectivity index (χ4v) is 3.43. The first-order chi connectivity index (χ1) is 8.83. The topological polar surface area (TPSA) is 33.1 Å². The van der Waals surface area contributed by atoms with Crippen molar-refractivity contribution in [3.63, 3.8) is 0 Å². The van der Waals surface area contributed by atoms with Gasteiger partial charge in [-0.05, 0) is 45.3 Å². The molecule has 1 aromatic rings. The maximum Gasteiger partial charge on any atom is 0.0948 e. The van der Waals surface area contributed by atoms with Crippen molar-refractivity contribution in [2.24, 2.45) is 5.92 Å². The van der Waals surface area contributed by atoms with Gasteiger partial charge in [0.2, 0.25) is 0 Å². The summed E-state index contributed by atoms with van der Waals surface area (Å²) in [5.41, 5.74) is 1.44. The molecule has 2 fully saturated rings. The van der Waals surface area contributed by atoms with Gasteiger partial charge < -0.3 is 14.8 Å². The first-order valence-corrected chi connectivity index (χ1v) is 7.22. The van der Waals surface area contributed by atoms with E-state index in [1.54, 1.807) is 0 Å². The number of piperidine rings is 1. The van der Waals surface area contributed by atoms with Gasteiger partial charge in [0.05, 0.1) is 6.33 Å². The van der Waals surface area contributed by atoms with Crippen molar-refractivity contribution in [3.8, 4) is 0 Å². The lowest BCUT2D eigenvalue weighted by Gasteiger charge is -2.30. The molecule has 4 heteroatoms. The largest absolute Gasteiger partial charge is 0.334 e. The Hall–Kier alpha value is -0.870. The van der Waals surface area contributed by atoms with Crippen molar-refractivity contribution in [1.29, 1.82) is 0 Å². The smallest absolute Gasteiger partial charge is 0.0948 e. The van der Waals surface area contributed by atoms with Gasteiger partial charge in [-0.1, -0.05) is 0 Å². The molecule has 0 bridgehead atoms. The Morgan fingerprint density at radius 1 is 1.44 bits per heavy atom. The van der Waals surface area contributed by atoms with Crippen molar-refractivity contribution in [2.45, 2.75) is 31.7 Å². The number of imidazole rings is 1. The van der Waals surface area contributed by atoms with Crippen molar-refractivity contribution >= 4 is 0 Å². The van der Waals surface area contributed by atoms with Crippen LogP contribution >= 0.6 is 0 Å². The summed E-state index contributed by atoms with van der Waals surface area (Å²) < 4.78 is 2.40. The van der Waals surface area contributed by atoms with Gasteiger partial charge in [-0.3, -0.25) is 0 Å². The van der Waals surface area contributed by atoms with E-state index in [4.69, 9.17) is 0 Å². The SMILES string of the molecule is CN1CCCC(Cn2cncc2C2CCNC2)C1. The second-order valence-electron chi connectivity index (χ2n) is 5.93. The minimum Gasteiger partial charge on any atom is -0.334 e. The van der Waals surface area contributed by atoms with Crippen LogP contribution in [0.2, 0.25) is 0 Å². The molecule has 1 N–H and O–H groups in total. The van der Waals surface area contributed by atoms with Gasteiger partial charge in [0.15, 0.2) is 0 Å². The molecule has 0 radical (unpaired) electrons. The van der Waals surface area contributed by atoms with Gasteiger partial charge in [0.25, 0.3) is 0 Å². The fraction of sp³-hybridized carbons (Fsp3) is 0.786. The molecule has 18 heavy (non-hydrogen) atoms. The molecule has 100 valence electrons. The van der Waals surface area contributed by atoms with Crippen LogP contribution in [-0.4, -0.2) is 47.7 Å². The predicted molar refractivity (Wildman–Crippen MR) is 72.7 cm³/mol. The second-order valence-corrected chi connectivity index (χ2v) is 5.93. The summed E-state index contributed by atoms with van der Waals surface area (Å²) in [4.78, 5) is 6.83. The molecule has 0 saturated carbocycles. The Bertz CT molecular complexity index is 381. The lowest BCUT2D eigenvalue weighted by atomic mass is 9.97. The van der Waals surface area contributed by atoms with Crippen molar-refractivity contribution < 1.29 is 0 Å². The van der Waals surface area contributed by atoms with Crippen LogP contribution in [0.1, 0.15) is 30.9 Å². The Morgan fingerprint density at radius 2 is 2.39 bits per heavy atom. The Morgan fingerprint density at radius 3 is 3.17 bits per heavy atom. The van der Waals surface area contributed by atoms with Crippen LogP contribution in [-0.2, 0) is 6.54 Å². The van der Waals surface area contributed by atoms with Crippen molar-refractivity contribution in [1.82, 2.24) is 19.8 Å². The molecule has 1 aromatic heterocycles. The molecule has 2 aliphatic rings. The zero-order chi connectivity index (χ0) is 12.4. The highest BCUT2D eigenvalue weighted by Crippen LogP contribution is 2.24. The van der Waals surface area contributed by atoms with Crippen LogP contribution in [0.15, 0.2) is 12.5 Å². The molecule has 2 unspecified atom stereocenters. The van der Waals surface area contributed by atoms with Crippen LogP contribution in [0.4, 0.5) is 0 Å². The maximum atomic E-state index is 4.37. The van der Waals surface area contributed by atoms with Gasteiger partial charge >= 0.3 is 0 Å². The van der Waals surface area contributed by atoms with E-state index in [1.165, 1.54) is 38.0 Å². The molecular formula is C14H24N4. The quantitative estimate of drug-likeness (QED) is 0.875. The van der Waals surface area contributed by atoms with Crippen LogP contribution in [0, 0.1) is 5.92 Å². The molecule has 0 spiro atoms. The average molecular weight is 248 g/mol. The summed E-state index contributed by atoms with van der Waals surface area (Å²) in [5.74, 6) is 1.47. The van der Waals surface area contributed by atoms with Crippen LogP contribution < -0.4 is 5.32 Å². The van der Waals surface area contributed by atoms with E-state index in [-0.39, 0.29) is 0 Å².